The van der Waals surface area contributed by atoms with Gasteiger partial charge in [0.05, 0.1) is 17.2 Å². The van der Waals surface area contributed by atoms with E-state index < -0.39 is 24.5 Å². The third kappa shape index (κ3) is 9.93. The molecule has 0 spiro atoms. The van der Waals surface area contributed by atoms with Gasteiger partial charge in [0.15, 0.2) is 0 Å². The molecule has 0 amide bonds. The Morgan fingerprint density at radius 2 is 1.40 bits per heavy atom. The lowest BCUT2D eigenvalue weighted by Gasteiger charge is -2.29. The fraction of sp³-hybridized carbons (Fsp3) is 0.273. The number of anilines is 1. The lowest BCUT2D eigenvalue weighted by atomic mass is 9.90. The maximum Gasteiger partial charge on any atom is 0.417 e. The van der Waals surface area contributed by atoms with Crippen LogP contribution in [0.25, 0.3) is 0 Å². The average Bonchev–Trinajstić information content (AvgIpc) is 2.98. The number of benzene rings is 4. The summed E-state index contributed by atoms with van der Waals surface area (Å²) in [5.74, 6) is 0.343. The van der Waals surface area contributed by atoms with E-state index >= 15 is 0 Å². The molecule has 0 saturated heterocycles. The van der Waals surface area contributed by atoms with E-state index in [0.717, 1.165) is 17.2 Å². The molecule has 3 nitrogen and oxygen atoms in total. The first-order valence-electron chi connectivity index (χ1n) is 13.7. The second-order valence-electron chi connectivity index (χ2n) is 10.1. The maximum absolute atomic E-state index is 13.6. The van der Waals surface area contributed by atoms with Gasteiger partial charge in [-0.3, -0.25) is 4.90 Å². The van der Waals surface area contributed by atoms with Gasteiger partial charge in [-0.1, -0.05) is 90.5 Å². The fourth-order valence-electron chi connectivity index (χ4n) is 4.81. The summed E-state index contributed by atoms with van der Waals surface area (Å²) in [6.07, 6.45) is -8.42. The average molecular weight is 621 g/mol. The molecule has 0 aromatic heterocycles. The van der Waals surface area contributed by atoms with E-state index in [1.165, 1.54) is 18.2 Å². The highest BCUT2D eigenvalue weighted by molar-refractivity contribution is 6.32. The topological polar surface area (TPSA) is 24.5 Å². The van der Waals surface area contributed by atoms with Crippen LogP contribution in [0.5, 0.6) is 5.75 Å². The minimum atomic E-state index is -4.58. The van der Waals surface area contributed by atoms with Crippen LogP contribution in [0.2, 0.25) is 5.02 Å². The molecule has 4 aromatic rings. The summed E-state index contributed by atoms with van der Waals surface area (Å²) in [6, 6.07) is 29.9. The third-order valence-electron chi connectivity index (χ3n) is 6.84. The lowest BCUT2D eigenvalue weighted by Crippen LogP contribution is -2.31. The molecule has 0 aliphatic heterocycles. The van der Waals surface area contributed by atoms with E-state index in [1.54, 1.807) is 18.2 Å². The van der Waals surface area contributed by atoms with Gasteiger partial charge < -0.3 is 10.1 Å². The third-order valence-corrected chi connectivity index (χ3v) is 7.28. The largest absolute Gasteiger partial charge is 0.493 e. The van der Waals surface area contributed by atoms with Crippen molar-refractivity contribution in [2.24, 2.45) is 0 Å². The monoisotopic (exact) mass is 620 g/mol. The van der Waals surface area contributed by atoms with Crippen molar-refractivity contribution in [2.75, 3.05) is 31.6 Å². The maximum atomic E-state index is 13.6. The van der Waals surface area contributed by atoms with Crippen molar-refractivity contribution in [1.82, 2.24) is 4.90 Å². The Morgan fingerprint density at radius 3 is 2.00 bits per heavy atom. The summed E-state index contributed by atoms with van der Waals surface area (Å²) >= 11 is 6.27. The molecular weight excluding hydrogens is 590 g/mol. The molecule has 0 radical (unpaired) electrons. The van der Waals surface area contributed by atoms with Crippen molar-refractivity contribution >= 4 is 17.3 Å². The van der Waals surface area contributed by atoms with Gasteiger partial charge in [-0.2, -0.15) is 26.3 Å². The number of halogens is 7. The Balaban J connectivity index is 1.51. The zero-order chi connectivity index (χ0) is 30.9. The highest BCUT2D eigenvalue weighted by Gasteiger charge is 2.34. The molecule has 0 heterocycles. The van der Waals surface area contributed by atoms with Crippen LogP contribution >= 0.6 is 11.6 Å². The number of nitrogens with zero attached hydrogens (tertiary/aromatic N) is 1. The second-order valence-corrected chi connectivity index (χ2v) is 10.5. The predicted molar refractivity (Wildman–Crippen MR) is 158 cm³/mol. The zero-order valence-corrected chi connectivity index (χ0v) is 23.9. The van der Waals surface area contributed by atoms with Gasteiger partial charge in [0, 0.05) is 37.3 Å². The van der Waals surface area contributed by atoms with Crippen molar-refractivity contribution < 1.29 is 31.1 Å². The first-order chi connectivity index (χ1) is 20.5. The molecule has 0 aliphatic carbocycles. The number of nitrogens with one attached hydrogen (secondary N) is 1. The van der Waals surface area contributed by atoms with Crippen LogP contribution in [0.3, 0.4) is 0 Å². The van der Waals surface area contributed by atoms with Crippen molar-refractivity contribution in [3.8, 4) is 5.75 Å². The van der Waals surface area contributed by atoms with Crippen LogP contribution in [-0.2, 0) is 12.7 Å². The Bertz CT molecular complexity index is 1390. The van der Waals surface area contributed by atoms with Crippen LogP contribution in [0.4, 0.5) is 32.0 Å². The summed E-state index contributed by atoms with van der Waals surface area (Å²) < 4.78 is 84.3. The molecular formula is C33H31ClF6N2O. The number of ether oxygens (including phenoxy) is 1. The molecule has 4 aromatic carbocycles. The van der Waals surface area contributed by atoms with Crippen molar-refractivity contribution in [2.45, 2.75) is 31.2 Å². The van der Waals surface area contributed by atoms with E-state index in [9.17, 15) is 26.3 Å². The lowest BCUT2D eigenvalue weighted by molar-refractivity contribution is -0.137. The van der Waals surface area contributed by atoms with Crippen molar-refractivity contribution in [1.29, 1.82) is 0 Å². The van der Waals surface area contributed by atoms with Gasteiger partial charge in [0.2, 0.25) is 0 Å². The Morgan fingerprint density at radius 1 is 0.767 bits per heavy atom. The van der Waals surface area contributed by atoms with Gasteiger partial charge in [-0.15, -0.1) is 0 Å². The number of hydrogen-bond donors (Lipinski definition) is 1. The highest BCUT2D eigenvalue weighted by atomic mass is 35.5. The molecule has 0 fully saturated rings. The SMILES string of the molecule is FC(F)(F)CNc1cccc(OCCCN(Cc2cccc(C(F)(F)F)c2Cl)CC(c2ccccc2)c2ccccc2)c1. The molecule has 0 saturated carbocycles. The minimum Gasteiger partial charge on any atom is -0.493 e. The van der Waals surface area contributed by atoms with Crippen LogP contribution in [0.15, 0.2) is 103 Å². The minimum absolute atomic E-state index is 0.0655. The van der Waals surface area contributed by atoms with E-state index in [2.05, 4.69) is 10.2 Å². The van der Waals surface area contributed by atoms with E-state index in [0.29, 0.717) is 30.8 Å². The second kappa shape index (κ2) is 14.7. The standard InChI is InChI=1S/C33H31ClF6N2O/c34-31-26(14-7-17-30(31)33(38,39)40)21-42(22-29(24-10-3-1-4-11-24)25-12-5-2-6-13-25)18-9-19-43-28-16-8-15-27(20-28)41-23-32(35,36)37/h1-8,10-17,20,29,41H,9,18-19,21-23H2. The van der Waals surface area contributed by atoms with E-state index in [-0.39, 0.29) is 29.8 Å². The first kappa shape index (κ1) is 32.2. The highest BCUT2D eigenvalue weighted by Crippen LogP contribution is 2.37. The van der Waals surface area contributed by atoms with Crippen LogP contribution in [0.1, 0.15) is 34.6 Å². The van der Waals surface area contributed by atoms with Crippen LogP contribution in [0, 0.1) is 0 Å². The smallest absolute Gasteiger partial charge is 0.417 e. The summed E-state index contributed by atoms with van der Waals surface area (Å²) in [5, 5.41) is 2.00. The molecule has 0 bridgehead atoms. The van der Waals surface area contributed by atoms with Gasteiger partial charge in [0.25, 0.3) is 0 Å². The summed E-state index contributed by atoms with van der Waals surface area (Å²) in [5.41, 5.74) is 1.89. The number of alkyl halides is 6. The Labute approximate surface area is 252 Å². The number of rotatable bonds is 13. The molecule has 0 aliphatic rings. The predicted octanol–water partition coefficient (Wildman–Crippen LogP) is 9.44. The summed E-state index contributed by atoms with van der Waals surface area (Å²) in [4.78, 5) is 2.05. The van der Waals surface area contributed by atoms with Crippen LogP contribution < -0.4 is 10.1 Å². The van der Waals surface area contributed by atoms with E-state index in [4.69, 9.17) is 16.3 Å². The molecule has 10 heteroatoms. The van der Waals surface area contributed by atoms with Gasteiger partial charge in [-0.05, 0) is 41.3 Å². The molecule has 43 heavy (non-hydrogen) atoms. The van der Waals surface area contributed by atoms with Crippen LogP contribution in [-0.4, -0.2) is 37.3 Å². The van der Waals surface area contributed by atoms with E-state index in [1.807, 2.05) is 60.7 Å². The van der Waals surface area contributed by atoms with Crippen molar-refractivity contribution in [3.05, 3.63) is 130 Å². The number of hydrogen-bond acceptors (Lipinski definition) is 3. The fourth-order valence-corrected chi connectivity index (χ4v) is 5.10. The molecule has 228 valence electrons. The molecule has 0 atom stereocenters. The molecule has 1 N–H and O–H groups in total. The van der Waals surface area contributed by atoms with Gasteiger partial charge in [0.1, 0.15) is 12.3 Å². The quantitative estimate of drug-likeness (QED) is 0.119. The van der Waals surface area contributed by atoms with Gasteiger partial charge in [-0.25, -0.2) is 0 Å². The Hall–Kier alpha value is -3.69. The van der Waals surface area contributed by atoms with Crippen molar-refractivity contribution in [3.63, 3.8) is 0 Å². The molecule has 0 unspecified atom stereocenters. The first-order valence-corrected chi connectivity index (χ1v) is 14.1. The molecule has 4 rings (SSSR count). The van der Waals surface area contributed by atoms with Gasteiger partial charge >= 0.3 is 12.4 Å². The Kier molecular flexibility index (Phi) is 11.0. The normalized spacial score (nSPS) is 12.1. The zero-order valence-electron chi connectivity index (χ0n) is 23.1. The summed E-state index contributed by atoms with van der Waals surface area (Å²) in [6.45, 7) is 0.229. The summed E-state index contributed by atoms with van der Waals surface area (Å²) in [7, 11) is 0.